The number of hydrogen-bond donors (Lipinski definition) is 0. The molecular weight excluding hydrogens is 728 g/mol. The minimum Gasteiger partial charge on any atom is -0.312 e. The molecule has 0 unspecified atom stereocenters. The van der Waals surface area contributed by atoms with E-state index in [4.69, 9.17) is 13.6 Å². The number of hydrogen-bond acceptors (Lipinski definition) is 3. The summed E-state index contributed by atoms with van der Waals surface area (Å²) in [5.41, 5.74) is 4.45. The fraction of sp³-hybridized carbons (Fsp3) is 0.667. The maximum Gasteiger partial charge on any atom is 0.332 e. The highest BCUT2D eigenvalue weighted by Gasteiger charge is 2.12. The average molecular weight is 815 g/mol. The molecule has 326 valence electrons. The van der Waals surface area contributed by atoms with Gasteiger partial charge in [0.05, 0.1) is 19.8 Å². The highest BCUT2D eigenvalue weighted by Crippen LogP contribution is 2.40. The van der Waals surface area contributed by atoms with Gasteiger partial charge in [-0.1, -0.05) is 245 Å². The first-order chi connectivity index (χ1) is 28.9. The van der Waals surface area contributed by atoms with E-state index in [0.717, 1.165) is 39.1 Å². The van der Waals surface area contributed by atoms with E-state index in [1.807, 2.05) is 0 Å². The monoisotopic (exact) mass is 815 g/mol. The van der Waals surface area contributed by atoms with Crippen molar-refractivity contribution in [3.05, 3.63) is 108 Å². The fourth-order valence-corrected chi connectivity index (χ4v) is 9.06. The zero-order valence-corrected chi connectivity index (χ0v) is 38.2. The Morgan fingerprint density at radius 3 is 0.638 bits per heavy atom. The Hall–Kier alpha value is -2.03. The minimum atomic E-state index is -1.22. The molecule has 0 amide bonds. The third-order valence-corrected chi connectivity index (χ3v) is 12.9. The molecule has 0 saturated heterocycles. The second-order valence-corrected chi connectivity index (χ2v) is 18.3. The van der Waals surface area contributed by atoms with Gasteiger partial charge in [0.2, 0.25) is 0 Å². The van der Waals surface area contributed by atoms with Crippen LogP contribution in [0.4, 0.5) is 0 Å². The van der Waals surface area contributed by atoms with Crippen LogP contribution in [0.5, 0.6) is 0 Å². The van der Waals surface area contributed by atoms with Crippen LogP contribution in [0.3, 0.4) is 0 Å². The zero-order chi connectivity index (χ0) is 40.5. The lowest BCUT2D eigenvalue weighted by Gasteiger charge is -2.17. The molecule has 0 aliphatic rings. The summed E-state index contributed by atoms with van der Waals surface area (Å²) in [7, 11) is -1.22. The molecule has 3 rings (SSSR count). The number of benzene rings is 3. The standard InChI is InChI=1S/C54H87O3P/c1(7-13-19-28-40-52-43-31-25-32-44-52)4-10-16-22-37-49-55-58(56-50-38-23-17-11-5-2-8-14-20-29-41-53-45-33-26-34-46-53)57-51-39-24-18-12-6-3-9-15-21-30-42-54-47-35-27-36-48-54/h25-27,31-36,43-48H,1-24,28-30,37-42,49-51H2. The lowest BCUT2D eigenvalue weighted by molar-refractivity contribution is 0.153. The summed E-state index contributed by atoms with van der Waals surface area (Å²) >= 11 is 0. The molecule has 4 heteroatoms. The fourth-order valence-electron chi connectivity index (χ4n) is 8.00. The van der Waals surface area contributed by atoms with E-state index in [-0.39, 0.29) is 0 Å². The molecule has 0 aromatic heterocycles. The second kappa shape index (κ2) is 39.1. The van der Waals surface area contributed by atoms with Crippen molar-refractivity contribution < 1.29 is 13.6 Å². The number of unbranched alkanes of at least 4 members (excludes halogenated alkanes) is 27. The summed E-state index contributed by atoms with van der Waals surface area (Å²) < 4.78 is 18.7. The summed E-state index contributed by atoms with van der Waals surface area (Å²) in [5.74, 6) is 0. The predicted octanol–water partition coefficient (Wildman–Crippen LogP) is 17.7. The third-order valence-electron chi connectivity index (χ3n) is 11.7. The second-order valence-electron chi connectivity index (χ2n) is 17.0. The Morgan fingerprint density at radius 2 is 0.414 bits per heavy atom. The zero-order valence-electron chi connectivity index (χ0n) is 37.3. The number of aryl methyl sites for hydroxylation is 3. The molecule has 3 nitrogen and oxygen atoms in total. The number of rotatable bonds is 42. The molecule has 0 fully saturated rings. The summed E-state index contributed by atoms with van der Waals surface area (Å²) in [6, 6.07) is 32.8. The molecule has 3 aromatic carbocycles. The van der Waals surface area contributed by atoms with Gasteiger partial charge >= 0.3 is 8.60 Å². The van der Waals surface area contributed by atoms with Crippen molar-refractivity contribution in [2.75, 3.05) is 19.8 Å². The molecule has 3 aromatic rings. The Labute approximate surface area is 360 Å². The van der Waals surface area contributed by atoms with Crippen LogP contribution in [-0.4, -0.2) is 19.8 Å². The van der Waals surface area contributed by atoms with Crippen LogP contribution in [0.1, 0.15) is 209 Å². The summed E-state index contributed by atoms with van der Waals surface area (Å²) in [5, 5.41) is 0. The molecule has 0 aliphatic carbocycles. The van der Waals surface area contributed by atoms with Crippen LogP contribution < -0.4 is 0 Å². The highest BCUT2D eigenvalue weighted by atomic mass is 31.2. The Bertz CT molecular complexity index is 1080. The van der Waals surface area contributed by atoms with Crippen molar-refractivity contribution in [3.63, 3.8) is 0 Å². The van der Waals surface area contributed by atoms with Crippen LogP contribution >= 0.6 is 8.60 Å². The van der Waals surface area contributed by atoms with Gasteiger partial charge in [0, 0.05) is 0 Å². The first kappa shape index (κ1) is 50.3. The van der Waals surface area contributed by atoms with E-state index in [1.165, 1.54) is 209 Å². The quantitative estimate of drug-likeness (QED) is 0.0421. The third kappa shape index (κ3) is 30.9. The molecule has 0 atom stereocenters. The molecular formula is C54H87O3P. The van der Waals surface area contributed by atoms with Crippen molar-refractivity contribution in [2.24, 2.45) is 0 Å². The highest BCUT2D eigenvalue weighted by molar-refractivity contribution is 7.41. The van der Waals surface area contributed by atoms with Crippen LogP contribution in [0.15, 0.2) is 91.0 Å². The Kier molecular flexibility index (Phi) is 34.0. The maximum atomic E-state index is 6.23. The topological polar surface area (TPSA) is 27.7 Å². The van der Waals surface area contributed by atoms with Gasteiger partial charge in [0.1, 0.15) is 0 Å². The SMILES string of the molecule is c1ccc(CCCCCCCCCCCCOP(OCCCCCCCCCCCCc2ccccc2)OCCCCCCCCCCCCc2ccccc2)cc1. The normalized spacial score (nSPS) is 11.5. The molecule has 0 spiro atoms. The molecule has 0 N–H and O–H groups in total. The maximum absolute atomic E-state index is 6.23. The molecule has 0 heterocycles. The van der Waals surface area contributed by atoms with Gasteiger partial charge in [-0.3, -0.25) is 0 Å². The van der Waals surface area contributed by atoms with Gasteiger partial charge in [-0.05, 0) is 74.5 Å². The van der Waals surface area contributed by atoms with Gasteiger partial charge in [-0.25, -0.2) is 0 Å². The lowest BCUT2D eigenvalue weighted by Crippen LogP contribution is -2.00. The van der Waals surface area contributed by atoms with Crippen LogP contribution in [0.25, 0.3) is 0 Å². The van der Waals surface area contributed by atoms with Gasteiger partial charge in [-0.15, -0.1) is 0 Å². The predicted molar refractivity (Wildman–Crippen MR) is 254 cm³/mol. The smallest absolute Gasteiger partial charge is 0.312 e. The summed E-state index contributed by atoms with van der Waals surface area (Å²) in [6.07, 6.45) is 43.5. The van der Waals surface area contributed by atoms with Crippen LogP contribution in [0.2, 0.25) is 0 Å². The summed E-state index contributed by atoms with van der Waals surface area (Å²) in [6.45, 7) is 2.31. The summed E-state index contributed by atoms with van der Waals surface area (Å²) in [4.78, 5) is 0. The van der Waals surface area contributed by atoms with Gasteiger partial charge < -0.3 is 13.6 Å². The first-order valence-electron chi connectivity index (χ1n) is 24.7. The Balaban J connectivity index is 1.13. The average Bonchev–Trinajstić information content (AvgIpc) is 3.26. The van der Waals surface area contributed by atoms with E-state index in [0.29, 0.717) is 0 Å². The van der Waals surface area contributed by atoms with Gasteiger partial charge in [-0.2, -0.15) is 0 Å². The van der Waals surface area contributed by atoms with E-state index in [2.05, 4.69) is 91.0 Å². The van der Waals surface area contributed by atoms with Gasteiger partial charge in [0.15, 0.2) is 0 Å². The molecule has 0 saturated carbocycles. The molecule has 0 aliphatic heterocycles. The lowest BCUT2D eigenvalue weighted by atomic mass is 10.0. The van der Waals surface area contributed by atoms with Crippen molar-refractivity contribution in [3.8, 4) is 0 Å². The van der Waals surface area contributed by atoms with E-state index >= 15 is 0 Å². The van der Waals surface area contributed by atoms with Crippen LogP contribution in [0, 0.1) is 0 Å². The van der Waals surface area contributed by atoms with E-state index < -0.39 is 8.60 Å². The molecule has 58 heavy (non-hydrogen) atoms. The first-order valence-corrected chi connectivity index (χ1v) is 25.8. The van der Waals surface area contributed by atoms with Crippen molar-refractivity contribution >= 4 is 8.60 Å². The van der Waals surface area contributed by atoms with E-state index in [9.17, 15) is 0 Å². The van der Waals surface area contributed by atoms with Crippen molar-refractivity contribution in [2.45, 2.75) is 212 Å². The van der Waals surface area contributed by atoms with Crippen molar-refractivity contribution in [1.29, 1.82) is 0 Å². The molecule has 0 radical (unpaired) electrons. The largest absolute Gasteiger partial charge is 0.332 e. The van der Waals surface area contributed by atoms with E-state index in [1.54, 1.807) is 0 Å². The minimum absolute atomic E-state index is 0.769. The van der Waals surface area contributed by atoms with Crippen LogP contribution in [-0.2, 0) is 32.8 Å². The molecule has 0 bridgehead atoms. The Morgan fingerprint density at radius 1 is 0.224 bits per heavy atom. The van der Waals surface area contributed by atoms with Crippen molar-refractivity contribution in [1.82, 2.24) is 0 Å². The van der Waals surface area contributed by atoms with Gasteiger partial charge in [0.25, 0.3) is 0 Å².